The van der Waals surface area contributed by atoms with Crippen molar-refractivity contribution in [2.75, 3.05) is 6.54 Å². The molecule has 0 aliphatic heterocycles. The third-order valence-electron chi connectivity index (χ3n) is 3.23. The second-order valence-electron chi connectivity index (χ2n) is 5.35. The number of hydrogen-bond donors (Lipinski definition) is 2. The third kappa shape index (κ3) is 3.79. The number of carbonyl (C=O) groups excluding carboxylic acids is 1. The number of aromatic amines is 1. The molecule has 0 aliphatic rings. The minimum atomic E-state index is -0.388. The SMILES string of the molecule is CC(C)CCNC(=O)[C@H](C)n1c(-c2cccs2)n[nH]c1=S. The number of carbonyl (C=O) groups is 1. The fourth-order valence-corrected chi connectivity index (χ4v) is 2.99. The van der Waals surface area contributed by atoms with E-state index in [4.69, 9.17) is 12.2 Å². The van der Waals surface area contributed by atoms with E-state index in [-0.39, 0.29) is 11.9 Å². The maximum atomic E-state index is 12.3. The van der Waals surface area contributed by atoms with Crippen LogP contribution in [0.2, 0.25) is 0 Å². The second-order valence-corrected chi connectivity index (χ2v) is 6.68. The molecule has 2 heterocycles. The Balaban J connectivity index is 2.16. The summed E-state index contributed by atoms with van der Waals surface area (Å²) >= 11 is 6.84. The highest BCUT2D eigenvalue weighted by atomic mass is 32.1. The summed E-state index contributed by atoms with van der Waals surface area (Å²) in [4.78, 5) is 13.3. The first-order valence-electron chi connectivity index (χ1n) is 6.99. The van der Waals surface area contributed by atoms with Crippen molar-refractivity contribution in [1.82, 2.24) is 20.1 Å². The van der Waals surface area contributed by atoms with Gasteiger partial charge in [-0.1, -0.05) is 19.9 Å². The third-order valence-corrected chi connectivity index (χ3v) is 4.39. The van der Waals surface area contributed by atoms with Crippen LogP contribution in [-0.2, 0) is 4.79 Å². The molecule has 0 saturated heterocycles. The van der Waals surface area contributed by atoms with E-state index in [1.807, 2.05) is 24.4 Å². The van der Waals surface area contributed by atoms with E-state index in [0.717, 1.165) is 11.3 Å². The van der Waals surface area contributed by atoms with Crippen LogP contribution in [0.5, 0.6) is 0 Å². The highest BCUT2D eigenvalue weighted by Crippen LogP contribution is 2.25. The van der Waals surface area contributed by atoms with Crippen molar-refractivity contribution in [2.45, 2.75) is 33.2 Å². The molecule has 0 spiro atoms. The molecule has 2 N–H and O–H groups in total. The standard InChI is InChI=1S/C14H20N4OS2/c1-9(2)6-7-15-13(19)10(3)18-12(16-17-14(18)20)11-5-4-8-21-11/h4-5,8-10H,6-7H2,1-3H3,(H,15,19)(H,17,20)/t10-/m0/s1. The molecule has 0 aliphatic carbocycles. The summed E-state index contributed by atoms with van der Waals surface area (Å²) in [6, 6.07) is 3.53. The molecule has 2 rings (SSSR count). The number of rotatable bonds is 6. The van der Waals surface area contributed by atoms with Gasteiger partial charge in [0.1, 0.15) is 6.04 Å². The summed E-state index contributed by atoms with van der Waals surface area (Å²) in [5.74, 6) is 1.24. The number of H-pyrrole nitrogens is 1. The Labute approximate surface area is 133 Å². The first-order chi connectivity index (χ1) is 10.0. The Hall–Kier alpha value is -1.47. The highest BCUT2D eigenvalue weighted by molar-refractivity contribution is 7.71. The van der Waals surface area contributed by atoms with Crippen molar-refractivity contribution in [3.05, 3.63) is 22.3 Å². The molecule has 0 bridgehead atoms. The maximum absolute atomic E-state index is 12.3. The van der Waals surface area contributed by atoms with Gasteiger partial charge in [0.2, 0.25) is 5.91 Å². The van der Waals surface area contributed by atoms with Gasteiger partial charge in [0.15, 0.2) is 10.6 Å². The van der Waals surface area contributed by atoms with Crippen LogP contribution in [0, 0.1) is 10.7 Å². The van der Waals surface area contributed by atoms with Crippen LogP contribution in [-0.4, -0.2) is 27.2 Å². The van der Waals surface area contributed by atoms with Crippen molar-refractivity contribution in [1.29, 1.82) is 0 Å². The van der Waals surface area contributed by atoms with Crippen LogP contribution in [0.3, 0.4) is 0 Å². The molecule has 5 nitrogen and oxygen atoms in total. The Bertz CT molecular complexity index is 642. The molecule has 0 radical (unpaired) electrons. The molecule has 2 aromatic heterocycles. The summed E-state index contributed by atoms with van der Waals surface area (Å²) < 4.78 is 2.23. The zero-order valence-electron chi connectivity index (χ0n) is 12.4. The zero-order chi connectivity index (χ0) is 15.4. The number of hydrogen-bond acceptors (Lipinski definition) is 4. The first kappa shape index (κ1) is 15.9. The summed E-state index contributed by atoms with van der Waals surface area (Å²) in [6.07, 6.45) is 0.965. The van der Waals surface area contributed by atoms with Gasteiger partial charge in [0.25, 0.3) is 0 Å². The first-order valence-corrected chi connectivity index (χ1v) is 8.28. The molecule has 0 unspecified atom stereocenters. The summed E-state index contributed by atoms with van der Waals surface area (Å²) in [6.45, 7) is 6.79. The Morgan fingerprint density at radius 3 is 2.90 bits per heavy atom. The van der Waals surface area contributed by atoms with Gasteiger partial charge in [-0.2, -0.15) is 5.10 Å². The fourth-order valence-electron chi connectivity index (χ4n) is 1.99. The van der Waals surface area contributed by atoms with Gasteiger partial charge in [-0.15, -0.1) is 11.3 Å². The zero-order valence-corrected chi connectivity index (χ0v) is 14.1. The molecule has 114 valence electrons. The van der Waals surface area contributed by atoms with Gasteiger partial charge in [-0.05, 0) is 42.9 Å². The molecule has 1 amide bonds. The predicted octanol–water partition coefficient (Wildman–Crippen LogP) is 3.39. The largest absolute Gasteiger partial charge is 0.354 e. The molecular formula is C14H20N4OS2. The van der Waals surface area contributed by atoms with Crippen molar-refractivity contribution in [3.8, 4) is 10.7 Å². The van der Waals surface area contributed by atoms with E-state index in [9.17, 15) is 4.79 Å². The minimum Gasteiger partial charge on any atom is -0.354 e. The normalized spacial score (nSPS) is 12.6. The van der Waals surface area contributed by atoms with Crippen LogP contribution < -0.4 is 5.32 Å². The molecule has 21 heavy (non-hydrogen) atoms. The Morgan fingerprint density at radius 2 is 2.29 bits per heavy atom. The topological polar surface area (TPSA) is 62.7 Å². The van der Waals surface area contributed by atoms with Crippen molar-refractivity contribution in [3.63, 3.8) is 0 Å². The lowest BCUT2D eigenvalue weighted by molar-refractivity contribution is -0.123. The monoisotopic (exact) mass is 324 g/mol. The summed E-state index contributed by atoms with van der Waals surface area (Å²) in [7, 11) is 0. The van der Waals surface area contributed by atoms with Crippen LogP contribution in [0.1, 0.15) is 33.2 Å². The molecule has 0 aromatic carbocycles. The van der Waals surface area contributed by atoms with Gasteiger partial charge in [0.05, 0.1) is 4.88 Å². The smallest absolute Gasteiger partial charge is 0.242 e. The number of nitrogens with zero attached hydrogens (tertiary/aromatic N) is 2. The van der Waals surface area contributed by atoms with Gasteiger partial charge in [-0.3, -0.25) is 14.5 Å². The van der Waals surface area contributed by atoms with Crippen LogP contribution in [0.15, 0.2) is 17.5 Å². The van der Waals surface area contributed by atoms with Gasteiger partial charge in [0, 0.05) is 6.54 Å². The van der Waals surface area contributed by atoms with Crippen molar-refractivity contribution in [2.24, 2.45) is 5.92 Å². The number of aromatic nitrogens is 3. The minimum absolute atomic E-state index is 0.0362. The molecule has 0 saturated carbocycles. The van der Waals surface area contributed by atoms with Crippen LogP contribution >= 0.6 is 23.6 Å². The number of amides is 1. The number of nitrogens with one attached hydrogen (secondary N) is 2. The fraction of sp³-hybridized carbons (Fsp3) is 0.500. The molecule has 0 fully saturated rings. The van der Waals surface area contributed by atoms with E-state index < -0.39 is 0 Å². The number of thiophene rings is 1. The predicted molar refractivity (Wildman–Crippen MR) is 87.9 cm³/mol. The maximum Gasteiger partial charge on any atom is 0.242 e. The quantitative estimate of drug-likeness (QED) is 0.801. The van der Waals surface area contributed by atoms with E-state index in [1.165, 1.54) is 0 Å². The lowest BCUT2D eigenvalue weighted by Crippen LogP contribution is -2.32. The summed E-state index contributed by atoms with van der Waals surface area (Å²) in [5.41, 5.74) is 0. The van der Waals surface area contributed by atoms with Gasteiger partial charge < -0.3 is 5.32 Å². The highest BCUT2D eigenvalue weighted by Gasteiger charge is 2.20. The molecule has 1 atom stereocenters. The van der Waals surface area contributed by atoms with Gasteiger partial charge in [-0.25, -0.2) is 0 Å². The van der Waals surface area contributed by atoms with Crippen LogP contribution in [0.25, 0.3) is 10.7 Å². The molecular weight excluding hydrogens is 304 g/mol. The average Bonchev–Trinajstić information content (AvgIpc) is 3.06. The van der Waals surface area contributed by atoms with Gasteiger partial charge >= 0.3 is 0 Å². The van der Waals surface area contributed by atoms with E-state index >= 15 is 0 Å². The van der Waals surface area contributed by atoms with E-state index in [1.54, 1.807) is 15.9 Å². The average molecular weight is 324 g/mol. The second kappa shape index (κ2) is 7.00. The molecule has 7 heteroatoms. The lowest BCUT2D eigenvalue weighted by atomic mass is 10.1. The molecule has 2 aromatic rings. The lowest BCUT2D eigenvalue weighted by Gasteiger charge is -2.15. The summed E-state index contributed by atoms with van der Waals surface area (Å²) in [5, 5.41) is 12.0. The van der Waals surface area contributed by atoms with Crippen LogP contribution in [0.4, 0.5) is 0 Å². The Morgan fingerprint density at radius 1 is 1.52 bits per heavy atom. The van der Waals surface area contributed by atoms with E-state index in [0.29, 0.717) is 23.1 Å². The Kier molecular flexibility index (Phi) is 5.30. The van der Waals surface area contributed by atoms with E-state index in [2.05, 4.69) is 29.4 Å². The van der Waals surface area contributed by atoms with Crippen molar-refractivity contribution >= 4 is 29.5 Å². The van der Waals surface area contributed by atoms with Crippen molar-refractivity contribution < 1.29 is 4.79 Å².